The van der Waals surface area contributed by atoms with Gasteiger partial charge in [-0.25, -0.2) is 9.67 Å². The Morgan fingerprint density at radius 2 is 1.77 bits per heavy atom. The molecule has 0 atom stereocenters. The van der Waals surface area contributed by atoms with Crippen LogP contribution in [0.5, 0.6) is 0 Å². The molecule has 0 aliphatic carbocycles. The molecular weight excluding hydrogens is 393 g/mol. The molecule has 0 unspecified atom stereocenters. The third-order valence-electron chi connectivity index (χ3n) is 5.51. The van der Waals surface area contributed by atoms with E-state index in [-0.39, 0.29) is 17.7 Å². The molecule has 1 aromatic carbocycles. The van der Waals surface area contributed by atoms with Crippen LogP contribution in [0.1, 0.15) is 29.9 Å². The molecule has 1 aliphatic rings. The van der Waals surface area contributed by atoms with Gasteiger partial charge < -0.3 is 9.80 Å². The number of hydrogen-bond acceptors (Lipinski definition) is 5. The third-order valence-corrected chi connectivity index (χ3v) is 5.51. The van der Waals surface area contributed by atoms with Crippen LogP contribution in [0, 0.1) is 0 Å². The Bertz CT molecular complexity index is 993. The zero-order valence-electron chi connectivity index (χ0n) is 16.8. The predicted octanol–water partition coefficient (Wildman–Crippen LogP) is 4.26. The molecule has 1 saturated heterocycles. The number of aromatic nitrogens is 4. The van der Waals surface area contributed by atoms with E-state index in [0.29, 0.717) is 0 Å². The van der Waals surface area contributed by atoms with Crippen molar-refractivity contribution in [2.45, 2.75) is 24.9 Å². The molecule has 0 radical (unpaired) electrons. The van der Waals surface area contributed by atoms with Gasteiger partial charge in [0.1, 0.15) is 5.56 Å². The fourth-order valence-electron chi connectivity index (χ4n) is 3.67. The van der Waals surface area contributed by atoms with Crippen LogP contribution in [0.3, 0.4) is 0 Å². The van der Waals surface area contributed by atoms with Crippen LogP contribution in [0.4, 0.5) is 24.8 Å². The van der Waals surface area contributed by atoms with Crippen molar-refractivity contribution >= 4 is 11.6 Å². The molecule has 3 heterocycles. The van der Waals surface area contributed by atoms with Crippen LogP contribution in [-0.4, -0.2) is 51.8 Å². The Morgan fingerprint density at radius 3 is 2.43 bits per heavy atom. The number of anilines is 2. The summed E-state index contributed by atoms with van der Waals surface area (Å²) in [5, 5.41) is 4.22. The highest BCUT2D eigenvalue weighted by atomic mass is 19.4. The van der Waals surface area contributed by atoms with E-state index >= 15 is 0 Å². The Kier molecular flexibility index (Phi) is 5.46. The first kappa shape index (κ1) is 20.3. The van der Waals surface area contributed by atoms with E-state index in [2.05, 4.69) is 27.0 Å². The van der Waals surface area contributed by atoms with Crippen molar-refractivity contribution in [3.05, 3.63) is 60.0 Å². The van der Waals surface area contributed by atoms with Crippen LogP contribution < -0.4 is 4.90 Å². The van der Waals surface area contributed by atoms with Crippen LogP contribution >= 0.6 is 0 Å². The lowest BCUT2D eigenvalue weighted by atomic mass is 9.92. The van der Waals surface area contributed by atoms with E-state index in [1.807, 2.05) is 30.3 Å². The number of para-hydroxylation sites is 1. The minimum absolute atomic E-state index is 0.167. The lowest BCUT2D eigenvalue weighted by molar-refractivity contribution is -0.138. The van der Waals surface area contributed by atoms with Crippen molar-refractivity contribution in [2.75, 3.05) is 32.1 Å². The highest BCUT2D eigenvalue weighted by Gasteiger charge is 2.36. The molecule has 3 aromatic rings. The van der Waals surface area contributed by atoms with Gasteiger partial charge in [0.2, 0.25) is 5.95 Å². The van der Waals surface area contributed by atoms with Crippen LogP contribution in [0.2, 0.25) is 0 Å². The van der Waals surface area contributed by atoms with Gasteiger partial charge >= 0.3 is 6.18 Å². The maximum atomic E-state index is 13.7. The van der Waals surface area contributed by atoms with Crippen molar-refractivity contribution in [1.82, 2.24) is 24.6 Å². The number of likely N-dealkylation sites (tertiary alicyclic amines) is 1. The standard InChI is InChI=1S/C21H23F3N6/c1-28-10-8-15(9-11-28)16-12-26-30(14-16)19-18(21(22,23)24)13-25-20(27-19)29(2)17-6-4-3-5-7-17/h3-7,12-15H,8-11H2,1-2H3. The molecule has 1 fully saturated rings. The Labute approximate surface area is 173 Å². The van der Waals surface area contributed by atoms with Crippen molar-refractivity contribution in [3.63, 3.8) is 0 Å². The molecule has 1 aliphatic heterocycles. The van der Waals surface area contributed by atoms with Gasteiger partial charge in [-0.05, 0) is 56.6 Å². The number of alkyl halides is 3. The minimum Gasteiger partial charge on any atom is -0.314 e. The Hall–Kier alpha value is -2.94. The van der Waals surface area contributed by atoms with Gasteiger partial charge in [0.25, 0.3) is 0 Å². The van der Waals surface area contributed by atoms with E-state index in [9.17, 15) is 13.2 Å². The van der Waals surface area contributed by atoms with Gasteiger partial charge in [-0.2, -0.15) is 23.3 Å². The molecule has 0 saturated carbocycles. The average molecular weight is 416 g/mol. The summed E-state index contributed by atoms with van der Waals surface area (Å²) >= 11 is 0. The molecule has 9 heteroatoms. The quantitative estimate of drug-likeness (QED) is 0.636. The molecular formula is C21H23F3N6. The molecule has 0 amide bonds. The van der Waals surface area contributed by atoms with E-state index in [1.54, 1.807) is 24.3 Å². The Morgan fingerprint density at radius 1 is 1.07 bits per heavy atom. The second-order valence-corrected chi connectivity index (χ2v) is 7.60. The fraction of sp³-hybridized carbons (Fsp3) is 0.381. The Balaban J connectivity index is 1.70. The largest absolute Gasteiger partial charge is 0.421 e. The predicted molar refractivity (Wildman–Crippen MR) is 108 cm³/mol. The second-order valence-electron chi connectivity index (χ2n) is 7.60. The fourth-order valence-corrected chi connectivity index (χ4v) is 3.67. The summed E-state index contributed by atoms with van der Waals surface area (Å²) in [5.74, 6) is 0.188. The highest BCUT2D eigenvalue weighted by molar-refractivity contribution is 5.57. The first-order chi connectivity index (χ1) is 14.3. The zero-order chi connectivity index (χ0) is 21.3. The zero-order valence-corrected chi connectivity index (χ0v) is 16.8. The van der Waals surface area contributed by atoms with Crippen molar-refractivity contribution in [3.8, 4) is 5.82 Å². The van der Waals surface area contributed by atoms with E-state index < -0.39 is 11.7 Å². The highest BCUT2D eigenvalue weighted by Crippen LogP contribution is 2.35. The van der Waals surface area contributed by atoms with Gasteiger partial charge in [-0.1, -0.05) is 18.2 Å². The summed E-state index contributed by atoms with van der Waals surface area (Å²) in [4.78, 5) is 12.1. The smallest absolute Gasteiger partial charge is 0.314 e. The molecule has 30 heavy (non-hydrogen) atoms. The van der Waals surface area contributed by atoms with Crippen molar-refractivity contribution < 1.29 is 13.2 Å². The summed E-state index contributed by atoms with van der Waals surface area (Å²) < 4.78 is 42.2. The van der Waals surface area contributed by atoms with Gasteiger partial charge in [0.05, 0.1) is 6.20 Å². The lowest BCUT2D eigenvalue weighted by Crippen LogP contribution is -2.29. The summed E-state index contributed by atoms with van der Waals surface area (Å²) in [6.07, 6.45) is 1.48. The molecule has 158 valence electrons. The van der Waals surface area contributed by atoms with Gasteiger partial charge in [0, 0.05) is 25.1 Å². The molecule has 0 N–H and O–H groups in total. The third kappa shape index (κ3) is 4.16. The van der Waals surface area contributed by atoms with Crippen LogP contribution in [-0.2, 0) is 6.18 Å². The number of benzene rings is 1. The maximum Gasteiger partial charge on any atom is 0.421 e. The number of hydrogen-bond donors (Lipinski definition) is 0. The number of rotatable bonds is 4. The number of piperidine rings is 1. The first-order valence-electron chi connectivity index (χ1n) is 9.79. The van der Waals surface area contributed by atoms with Crippen molar-refractivity contribution in [1.29, 1.82) is 0 Å². The van der Waals surface area contributed by atoms with Gasteiger partial charge in [-0.15, -0.1) is 0 Å². The normalized spacial score (nSPS) is 16.0. The van der Waals surface area contributed by atoms with Crippen LogP contribution in [0.15, 0.2) is 48.9 Å². The maximum absolute atomic E-state index is 13.7. The topological polar surface area (TPSA) is 50.1 Å². The number of nitrogens with zero attached hydrogens (tertiary/aromatic N) is 6. The minimum atomic E-state index is -4.58. The summed E-state index contributed by atoms with van der Waals surface area (Å²) in [6.45, 7) is 1.92. The second kappa shape index (κ2) is 8.06. The molecule has 4 rings (SSSR count). The number of halogens is 3. The van der Waals surface area contributed by atoms with Gasteiger partial charge in [-0.3, -0.25) is 0 Å². The van der Waals surface area contributed by atoms with E-state index in [0.717, 1.165) is 43.4 Å². The molecule has 6 nitrogen and oxygen atoms in total. The summed E-state index contributed by atoms with van der Waals surface area (Å²) in [6, 6.07) is 9.24. The van der Waals surface area contributed by atoms with Crippen molar-refractivity contribution in [2.24, 2.45) is 0 Å². The monoisotopic (exact) mass is 416 g/mol. The van der Waals surface area contributed by atoms with Crippen LogP contribution in [0.25, 0.3) is 5.82 Å². The first-order valence-corrected chi connectivity index (χ1v) is 9.79. The molecule has 0 spiro atoms. The summed E-state index contributed by atoms with van der Waals surface area (Å²) in [5.41, 5.74) is 0.800. The van der Waals surface area contributed by atoms with E-state index in [1.165, 1.54) is 4.68 Å². The molecule has 0 bridgehead atoms. The van der Waals surface area contributed by atoms with E-state index in [4.69, 9.17) is 0 Å². The lowest BCUT2D eigenvalue weighted by Gasteiger charge is -2.28. The summed E-state index contributed by atoms with van der Waals surface area (Å²) in [7, 11) is 3.79. The van der Waals surface area contributed by atoms with Gasteiger partial charge in [0.15, 0.2) is 5.82 Å². The average Bonchev–Trinajstić information content (AvgIpc) is 3.23. The molecule has 2 aromatic heterocycles. The SMILES string of the molecule is CN1CCC(c2cnn(-c3nc(N(C)c4ccccc4)ncc3C(F)(F)F)c2)CC1.